The van der Waals surface area contributed by atoms with Crippen LogP contribution in [0.4, 0.5) is 0 Å². The first-order valence-corrected chi connectivity index (χ1v) is 7.82. The third kappa shape index (κ3) is 4.11. The van der Waals surface area contributed by atoms with E-state index in [9.17, 15) is 5.11 Å². The number of ether oxygens (including phenoxy) is 2. The number of rotatable bonds is 7. The molecule has 0 aromatic heterocycles. The number of hydrogen-bond donors (Lipinski definition) is 1. The van der Waals surface area contributed by atoms with Crippen molar-refractivity contribution in [3.8, 4) is 11.5 Å². The Morgan fingerprint density at radius 3 is 2.48 bits per heavy atom. The summed E-state index contributed by atoms with van der Waals surface area (Å²) in [6.45, 7) is 5.11. The van der Waals surface area contributed by atoms with Crippen molar-refractivity contribution < 1.29 is 14.6 Å². The number of nitrogens with zero attached hydrogens (tertiary/aromatic N) is 1. The van der Waals surface area contributed by atoms with Crippen molar-refractivity contribution in [1.82, 2.24) is 4.90 Å². The number of hydrogen-bond acceptors (Lipinski definition) is 4. The van der Waals surface area contributed by atoms with Crippen LogP contribution in [0.1, 0.15) is 37.3 Å². The third-order valence-electron chi connectivity index (χ3n) is 4.28. The van der Waals surface area contributed by atoms with Crippen LogP contribution in [0.3, 0.4) is 0 Å². The molecule has 0 fully saturated rings. The van der Waals surface area contributed by atoms with Crippen LogP contribution >= 0.6 is 0 Å². The van der Waals surface area contributed by atoms with E-state index in [-0.39, 0.29) is 6.10 Å². The minimum Gasteiger partial charge on any atom is -0.493 e. The molecule has 0 bridgehead atoms. The summed E-state index contributed by atoms with van der Waals surface area (Å²) in [6.07, 6.45) is 3.70. The molecule has 0 spiro atoms. The Balaban J connectivity index is 1.96. The topological polar surface area (TPSA) is 41.9 Å². The van der Waals surface area contributed by atoms with E-state index < -0.39 is 0 Å². The largest absolute Gasteiger partial charge is 0.493 e. The molecule has 1 aromatic rings. The number of aliphatic hydroxyl groups excluding tert-OH is 1. The van der Waals surface area contributed by atoms with Gasteiger partial charge < -0.3 is 14.6 Å². The fourth-order valence-electron chi connectivity index (χ4n) is 2.89. The molecule has 21 heavy (non-hydrogen) atoms. The highest BCUT2D eigenvalue weighted by molar-refractivity contribution is 5.48. The summed E-state index contributed by atoms with van der Waals surface area (Å²) >= 11 is 0. The highest BCUT2D eigenvalue weighted by Gasteiger charge is 2.19. The van der Waals surface area contributed by atoms with Crippen molar-refractivity contribution in [1.29, 1.82) is 0 Å². The first kappa shape index (κ1) is 16.1. The van der Waals surface area contributed by atoms with Crippen LogP contribution in [0.15, 0.2) is 12.1 Å². The van der Waals surface area contributed by atoms with Crippen LogP contribution in [-0.2, 0) is 13.0 Å². The lowest BCUT2D eigenvalue weighted by atomic mass is 9.98. The Hall–Kier alpha value is -1.26. The lowest BCUT2D eigenvalue weighted by molar-refractivity contribution is 0.147. The van der Waals surface area contributed by atoms with Crippen molar-refractivity contribution in [2.45, 2.75) is 45.3 Å². The first-order valence-electron chi connectivity index (χ1n) is 7.82. The van der Waals surface area contributed by atoms with E-state index in [4.69, 9.17) is 9.47 Å². The van der Waals surface area contributed by atoms with Gasteiger partial charge in [0.25, 0.3) is 0 Å². The molecule has 0 saturated carbocycles. The number of aliphatic hydroxyl groups is 1. The monoisotopic (exact) mass is 293 g/mol. The predicted octanol–water partition coefficient (Wildman–Crippen LogP) is 2.61. The minimum atomic E-state index is -0.147. The average molecular weight is 293 g/mol. The quantitative estimate of drug-likeness (QED) is 0.839. The Kier molecular flexibility index (Phi) is 5.88. The Labute approximate surface area is 127 Å². The van der Waals surface area contributed by atoms with Gasteiger partial charge in [0.05, 0.1) is 20.3 Å². The van der Waals surface area contributed by atoms with Gasteiger partial charge in [0.1, 0.15) is 0 Å². The maximum Gasteiger partial charge on any atom is 0.161 e. The maximum atomic E-state index is 9.62. The molecule has 2 rings (SSSR count). The molecule has 118 valence electrons. The van der Waals surface area contributed by atoms with Crippen LogP contribution in [0.25, 0.3) is 0 Å². The summed E-state index contributed by atoms with van der Waals surface area (Å²) in [5.74, 6) is 1.62. The molecule has 1 aliphatic heterocycles. The normalized spacial score (nSPS) is 16.4. The van der Waals surface area contributed by atoms with Gasteiger partial charge in [0, 0.05) is 13.1 Å². The zero-order valence-corrected chi connectivity index (χ0v) is 13.4. The molecule has 1 N–H and O–H groups in total. The standard InChI is InChI=1S/C17H27NO3/c1-4-15(19)6-5-8-18-9-7-13-10-16(20-2)17(21-3)11-14(13)12-18/h10-11,15,19H,4-9,12H2,1-3H3. The van der Waals surface area contributed by atoms with E-state index in [2.05, 4.69) is 17.0 Å². The summed E-state index contributed by atoms with van der Waals surface area (Å²) in [7, 11) is 3.36. The van der Waals surface area contributed by atoms with E-state index >= 15 is 0 Å². The second-order valence-electron chi connectivity index (χ2n) is 5.71. The number of methoxy groups -OCH3 is 2. The van der Waals surface area contributed by atoms with Crippen LogP contribution in [0, 0.1) is 0 Å². The van der Waals surface area contributed by atoms with Crippen LogP contribution in [0.5, 0.6) is 11.5 Å². The van der Waals surface area contributed by atoms with E-state index in [0.29, 0.717) is 0 Å². The SMILES string of the molecule is CCC(O)CCCN1CCc2cc(OC)c(OC)cc2C1. The molecule has 1 unspecified atom stereocenters. The molecule has 0 radical (unpaired) electrons. The van der Waals surface area contributed by atoms with Gasteiger partial charge in [-0.1, -0.05) is 6.92 Å². The van der Waals surface area contributed by atoms with Crippen molar-refractivity contribution in [2.24, 2.45) is 0 Å². The number of fused-ring (bicyclic) bond motifs is 1. The van der Waals surface area contributed by atoms with Crippen molar-refractivity contribution >= 4 is 0 Å². The highest BCUT2D eigenvalue weighted by Crippen LogP contribution is 2.33. The molecule has 1 aliphatic rings. The van der Waals surface area contributed by atoms with E-state index in [1.165, 1.54) is 11.1 Å². The predicted molar refractivity (Wildman–Crippen MR) is 84.1 cm³/mol. The first-order chi connectivity index (χ1) is 10.2. The van der Waals surface area contributed by atoms with Gasteiger partial charge in [-0.15, -0.1) is 0 Å². The Bertz CT molecular complexity index is 462. The molecule has 4 heteroatoms. The molecule has 1 heterocycles. The molecule has 1 atom stereocenters. The molecular weight excluding hydrogens is 266 g/mol. The van der Waals surface area contributed by atoms with Crippen molar-refractivity contribution in [3.63, 3.8) is 0 Å². The fraction of sp³-hybridized carbons (Fsp3) is 0.647. The molecule has 0 saturated heterocycles. The van der Waals surface area contributed by atoms with E-state index in [1.54, 1.807) is 14.2 Å². The molecule has 0 amide bonds. The third-order valence-corrected chi connectivity index (χ3v) is 4.28. The van der Waals surface area contributed by atoms with E-state index in [0.717, 1.165) is 56.8 Å². The van der Waals surface area contributed by atoms with Gasteiger partial charge in [-0.3, -0.25) is 4.90 Å². The second-order valence-corrected chi connectivity index (χ2v) is 5.71. The minimum absolute atomic E-state index is 0.147. The molecule has 4 nitrogen and oxygen atoms in total. The zero-order valence-electron chi connectivity index (χ0n) is 13.4. The van der Waals surface area contributed by atoms with E-state index in [1.807, 2.05) is 6.92 Å². The summed E-state index contributed by atoms with van der Waals surface area (Å²) < 4.78 is 10.8. The Morgan fingerprint density at radius 1 is 1.19 bits per heavy atom. The lowest BCUT2D eigenvalue weighted by Gasteiger charge is -2.29. The fourth-order valence-corrected chi connectivity index (χ4v) is 2.89. The molecule has 0 aliphatic carbocycles. The van der Waals surface area contributed by atoms with Crippen molar-refractivity contribution in [2.75, 3.05) is 27.3 Å². The highest BCUT2D eigenvalue weighted by atomic mass is 16.5. The Morgan fingerprint density at radius 2 is 1.86 bits per heavy atom. The smallest absolute Gasteiger partial charge is 0.161 e. The van der Waals surface area contributed by atoms with Gasteiger partial charge in [-0.25, -0.2) is 0 Å². The molecule has 1 aromatic carbocycles. The van der Waals surface area contributed by atoms with Gasteiger partial charge in [-0.2, -0.15) is 0 Å². The summed E-state index contributed by atoms with van der Waals surface area (Å²) in [5, 5.41) is 9.62. The number of benzene rings is 1. The summed E-state index contributed by atoms with van der Waals surface area (Å²) in [5.41, 5.74) is 2.69. The van der Waals surface area contributed by atoms with Crippen molar-refractivity contribution in [3.05, 3.63) is 23.3 Å². The van der Waals surface area contributed by atoms with Gasteiger partial charge >= 0.3 is 0 Å². The molecular formula is C17H27NO3. The summed E-state index contributed by atoms with van der Waals surface area (Å²) in [4.78, 5) is 2.45. The van der Waals surface area contributed by atoms with Crippen LogP contribution in [-0.4, -0.2) is 43.4 Å². The van der Waals surface area contributed by atoms with Crippen LogP contribution in [0.2, 0.25) is 0 Å². The average Bonchev–Trinajstić information content (AvgIpc) is 2.53. The zero-order chi connectivity index (χ0) is 15.2. The maximum absolute atomic E-state index is 9.62. The van der Waals surface area contributed by atoms with Gasteiger partial charge in [0.2, 0.25) is 0 Å². The lowest BCUT2D eigenvalue weighted by Crippen LogP contribution is -2.31. The van der Waals surface area contributed by atoms with Gasteiger partial charge in [0.15, 0.2) is 11.5 Å². The summed E-state index contributed by atoms with van der Waals surface area (Å²) in [6, 6.07) is 4.20. The van der Waals surface area contributed by atoms with Gasteiger partial charge in [-0.05, 0) is 55.5 Å². The van der Waals surface area contributed by atoms with Crippen LogP contribution < -0.4 is 9.47 Å². The second kappa shape index (κ2) is 7.66.